The Hall–Kier alpha value is -2.48. The Balaban J connectivity index is 1.46. The zero-order chi connectivity index (χ0) is 14.9. The molecule has 0 saturated carbocycles. The van der Waals surface area contributed by atoms with Crippen molar-refractivity contribution in [2.24, 2.45) is 0 Å². The van der Waals surface area contributed by atoms with Gasteiger partial charge in [0.25, 0.3) is 5.91 Å². The quantitative estimate of drug-likeness (QED) is 0.710. The molecule has 112 valence electrons. The van der Waals surface area contributed by atoms with Crippen molar-refractivity contribution in [2.45, 2.75) is 0 Å². The van der Waals surface area contributed by atoms with Gasteiger partial charge in [0.1, 0.15) is 6.33 Å². The van der Waals surface area contributed by atoms with E-state index in [1.807, 2.05) is 34.7 Å². The van der Waals surface area contributed by atoms with Crippen LogP contribution in [-0.4, -0.2) is 56.8 Å². The molecule has 8 heteroatoms. The van der Waals surface area contributed by atoms with Gasteiger partial charge in [0.15, 0.2) is 5.65 Å². The number of carbonyl (C=O) groups excluding carboxylic acids is 1. The summed E-state index contributed by atoms with van der Waals surface area (Å²) in [6.45, 7) is 3.02. The topological polar surface area (TPSA) is 66.6 Å². The van der Waals surface area contributed by atoms with Crippen LogP contribution in [-0.2, 0) is 0 Å². The van der Waals surface area contributed by atoms with Crippen LogP contribution >= 0.6 is 11.3 Å². The Morgan fingerprint density at radius 2 is 2.09 bits per heavy atom. The summed E-state index contributed by atoms with van der Waals surface area (Å²) in [5, 5.41) is 14.1. The van der Waals surface area contributed by atoms with E-state index in [4.69, 9.17) is 0 Å². The molecule has 7 nitrogen and oxygen atoms in total. The molecule has 1 saturated heterocycles. The summed E-state index contributed by atoms with van der Waals surface area (Å²) in [7, 11) is 0. The molecule has 0 bridgehead atoms. The first-order valence-electron chi connectivity index (χ1n) is 7.05. The standard InChI is InChI=1S/C14H14N6OS/c21-14(12-2-1-7-22-12)19-5-3-18(4-6-19)11-8-13-17-15-10-20(13)16-9-11/h1-2,7-10H,3-6H2. The van der Waals surface area contributed by atoms with Gasteiger partial charge in [-0.2, -0.15) is 5.10 Å². The zero-order valence-electron chi connectivity index (χ0n) is 11.8. The van der Waals surface area contributed by atoms with Crippen LogP contribution in [0.15, 0.2) is 36.1 Å². The second-order valence-corrected chi connectivity index (χ2v) is 6.05. The highest BCUT2D eigenvalue weighted by molar-refractivity contribution is 7.12. The molecule has 0 atom stereocenters. The van der Waals surface area contributed by atoms with Crippen molar-refractivity contribution in [1.29, 1.82) is 0 Å². The number of piperazine rings is 1. The predicted molar refractivity (Wildman–Crippen MR) is 83.2 cm³/mol. The smallest absolute Gasteiger partial charge is 0.264 e. The molecule has 0 spiro atoms. The highest BCUT2D eigenvalue weighted by atomic mass is 32.1. The number of thiophene rings is 1. The fourth-order valence-electron chi connectivity index (χ4n) is 2.61. The molecule has 1 amide bonds. The van der Waals surface area contributed by atoms with Crippen molar-refractivity contribution in [1.82, 2.24) is 24.7 Å². The van der Waals surface area contributed by atoms with Gasteiger partial charge in [-0.3, -0.25) is 4.79 Å². The molecule has 4 rings (SSSR count). The minimum absolute atomic E-state index is 0.126. The molecule has 1 aliphatic rings. The summed E-state index contributed by atoms with van der Waals surface area (Å²) in [6, 6.07) is 5.76. The van der Waals surface area contributed by atoms with E-state index in [0.29, 0.717) is 13.1 Å². The van der Waals surface area contributed by atoms with Gasteiger partial charge in [-0.15, -0.1) is 21.5 Å². The second-order valence-electron chi connectivity index (χ2n) is 5.10. The molecular formula is C14H14N6OS. The van der Waals surface area contributed by atoms with Crippen LogP contribution in [0.3, 0.4) is 0 Å². The molecule has 3 aromatic heterocycles. The van der Waals surface area contributed by atoms with Crippen LogP contribution < -0.4 is 4.90 Å². The third kappa shape index (κ3) is 2.31. The van der Waals surface area contributed by atoms with Gasteiger partial charge in [-0.1, -0.05) is 6.07 Å². The van der Waals surface area contributed by atoms with E-state index >= 15 is 0 Å². The normalized spacial score (nSPS) is 15.5. The average Bonchev–Trinajstić information content (AvgIpc) is 3.25. The van der Waals surface area contributed by atoms with Crippen molar-refractivity contribution in [3.63, 3.8) is 0 Å². The van der Waals surface area contributed by atoms with Crippen molar-refractivity contribution in [3.05, 3.63) is 41.0 Å². The predicted octanol–water partition coefficient (Wildman–Crippen LogP) is 1.15. The van der Waals surface area contributed by atoms with Gasteiger partial charge >= 0.3 is 0 Å². The largest absolute Gasteiger partial charge is 0.367 e. The molecule has 1 aliphatic heterocycles. The fourth-order valence-corrected chi connectivity index (χ4v) is 3.30. The van der Waals surface area contributed by atoms with Crippen molar-refractivity contribution in [2.75, 3.05) is 31.1 Å². The van der Waals surface area contributed by atoms with E-state index in [1.54, 1.807) is 10.8 Å². The number of hydrogen-bond donors (Lipinski definition) is 0. The molecule has 22 heavy (non-hydrogen) atoms. The van der Waals surface area contributed by atoms with Crippen molar-refractivity contribution >= 4 is 28.6 Å². The molecule has 0 aliphatic carbocycles. The summed E-state index contributed by atoms with van der Waals surface area (Å²) in [5.74, 6) is 0.126. The molecule has 1 fully saturated rings. The van der Waals surface area contributed by atoms with Gasteiger partial charge in [-0.25, -0.2) is 4.52 Å². The van der Waals surface area contributed by atoms with Gasteiger partial charge in [0.05, 0.1) is 16.8 Å². The Bertz CT molecular complexity index is 791. The Labute approximate surface area is 130 Å². The number of hydrogen-bond acceptors (Lipinski definition) is 6. The number of rotatable bonds is 2. The first-order chi connectivity index (χ1) is 10.8. The van der Waals surface area contributed by atoms with Crippen molar-refractivity contribution in [3.8, 4) is 0 Å². The molecule has 4 heterocycles. The maximum atomic E-state index is 12.3. The molecule has 0 aromatic carbocycles. The van der Waals surface area contributed by atoms with E-state index in [2.05, 4.69) is 20.2 Å². The van der Waals surface area contributed by atoms with Gasteiger partial charge in [-0.05, 0) is 11.4 Å². The van der Waals surface area contributed by atoms with Crippen LogP contribution in [0.4, 0.5) is 5.69 Å². The third-order valence-corrected chi connectivity index (χ3v) is 4.67. The average molecular weight is 314 g/mol. The lowest BCUT2D eigenvalue weighted by Gasteiger charge is -2.35. The number of anilines is 1. The first kappa shape index (κ1) is 13.2. The molecule has 0 N–H and O–H groups in total. The number of carbonyl (C=O) groups is 1. The van der Waals surface area contributed by atoms with Crippen molar-refractivity contribution < 1.29 is 4.79 Å². The second kappa shape index (κ2) is 5.38. The lowest BCUT2D eigenvalue weighted by Crippen LogP contribution is -2.48. The van der Waals surface area contributed by atoms with E-state index in [9.17, 15) is 4.79 Å². The maximum Gasteiger partial charge on any atom is 0.264 e. The van der Waals surface area contributed by atoms with E-state index < -0.39 is 0 Å². The van der Waals surface area contributed by atoms with Crippen LogP contribution in [0.2, 0.25) is 0 Å². The summed E-state index contributed by atoms with van der Waals surface area (Å²) in [5.41, 5.74) is 1.75. The lowest BCUT2D eigenvalue weighted by molar-refractivity contribution is 0.0751. The van der Waals surface area contributed by atoms with E-state index in [-0.39, 0.29) is 5.91 Å². The minimum atomic E-state index is 0.126. The number of aromatic nitrogens is 4. The Morgan fingerprint density at radius 1 is 1.23 bits per heavy atom. The molecule has 0 unspecified atom stereocenters. The van der Waals surface area contributed by atoms with Crippen LogP contribution in [0.1, 0.15) is 9.67 Å². The first-order valence-corrected chi connectivity index (χ1v) is 7.93. The van der Waals surface area contributed by atoms with Crippen LogP contribution in [0.5, 0.6) is 0 Å². The fraction of sp³-hybridized carbons (Fsp3) is 0.286. The highest BCUT2D eigenvalue weighted by Gasteiger charge is 2.23. The Kier molecular flexibility index (Phi) is 3.23. The summed E-state index contributed by atoms with van der Waals surface area (Å²) >= 11 is 1.49. The Morgan fingerprint density at radius 3 is 2.86 bits per heavy atom. The lowest BCUT2D eigenvalue weighted by atomic mass is 10.2. The third-order valence-electron chi connectivity index (χ3n) is 3.81. The number of amides is 1. The monoisotopic (exact) mass is 314 g/mol. The minimum Gasteiger partial charge on any atom is -0.367 e. The van der Waals surface area contributed by atoms with Gasteiger partial charge < -0.3 is 9.80 Å². The molecule has 3 aromatic rings. The highest BCUT2D eigenvalue weighted by Crippen LogP contribution is 2.18. The summed E-state index contributed by atoms with van der Waals surface area (Å²) in [6.07, 6.45) is 3.39. The summed E-state index contributed by atoms with van der Waals surface area (Å²) < 4.78 is 1.64. The molecular weight excluding hydrogens is 300 g/mol. The summed E-state index contributed by atoms with van der Waals surface area (Å²) in [4.78, 5) is 17.3. The number of fused-ring (bicyclic) bond motifs is 1. The van der Waals surface area contributed by atoms with Gasteiger partial charge in [0, 0.05) is 32.2 Å². The molecule has 0 radical (unpaired) electrons. The number of nitrogens with zero attached hydrogens (tertiary/aromatic N) is 6. The van der Waals surface area contributed by atoms with Crippen LogP contribution in [0, 0.1) is 0 Å². The SMILES string of the molecule is O=C(c1cccs1)N1CCN(c2cnn3cnnc3c2)CC1. The zero-order valence-corrected chi connectivity index (χ0v) is 12.6. The van der Waals surface area contributed by atoms with E-state index in [0.717, 1.165) is 29.3 Å². The van der Waals surface area contributed by atoms with E-state index in [1.165, 1.54) is 11.3 Å². The van der Waals surface area contributed by atoms with Crippen LogP contribution in [0.25, 0.3) is 5.65 Å². The maximum absolute atomic E-state index is 12.3. The van der Waals surface area contributed by atoms with Gasteiger partial charge in [0.2, 0.25) is 0 Å².